The molecule has 50 heavy (non-hydrogen) atoms. The Hall–Kier alpha value is -3.65. The topological polar surface area (TPSA) is 119 Å². The zero-order chi connectivity index (χ0) is 36.6. The number of ether oxygens (including phenoxy) is 2. The number of rotatable bonds is 12. The van der Waals surface area contributed by atoms with E-state index in [2.05, 4.69) is 34.9 Å². The minimum Gasteiger partial charge on any atom is -0.493 e. The first kappa shape index (κ1) is 37.6. The van der Waals surface area contributed by atoms with Gasteiger partial charge in [-0.15, -0.1) is 0 Å². The highest BCUT2D eigenvalue weighted by molar-refractivity contribution is 6.76. The van der Waals surface area contributed by atoms with E-state index in [1.165, 1.54) is 17.3 Å². The smallest absolute Gasteiger partial charge is 0.416 e. The maximum absolute atomic E-state index is 14.1. The van der Waals surface area contributed by atoms with Crippen molar-refractivity contribution in [3.05, 3.63) is 41.3 Å². The SMILES string of the molecule is Cc1c(C(=O)NC2CCC(N(C(=O)O)C(C)(C)C)CC2)c2ncnc(-c3cc(C(F)(F)F)ccc3OCC3CC3)c2n1COCC[Si](C)(C)C. The Balaban J connectivity index is 1.51. The number of carbonyl (C=O) groups excluding carboxylic acids is 1. The Morgan fingerprint density at radius 3 is 2.32 bits per heavy atom. The Labute approximate surface area is 292 Å². The molecule has 0 radical (unpaired) electrons. The molecule has 1 aromatic carbocycles. The predicted octanol–water partition coefficient (Wildman–Crippen LogP) is 8.35. The second-order valence-electron chi connectivity index (χ2n) is 15.9. The van der Waals surface area contributed by atoms with Gasteiger partial charge in [-0.2, -0.15) is 13.2 Å². The highest BCUT2D eigenvalue weighted by atomic mass is 28.3. The van der Waals surface area contributed by atoms with Crippen LogP contribution in [-0.2, 0) is 17.6 Å². The van der Waals surface area contributed by atoms with Gasteiger partial charge < -0.3 is 29.4 Å². The lowest BCUT2D eigenvalue weighted by Crippen LogP contribution is -2.53. The van der Waals surface area contributed by atoms with Crippen LogP contribution in [0.25, 0.3) is 22.3 Å². The molecule has 2 aliphatic rings. The molecule has 5 rings (SSSR count). The Kier molecular flexibility index (Phi) is 10.9. The first-order valence-electron chi connectivity index (χ1n) is 17.4. The van der Waals surface area contributed by atoms with E-state index in [0.29, 0.717) is 67.1 Å². The van der Waals surface area contributed by atoms with Crippen LogP contribution in [0.1, 0.15) is 80.9 Å². The van der Waals surface area contributed by atoms with Gasteiger partial charge in [0.25, 0.3) is 5.91 Å². The third kappa shape index (κ3) is 8.79. The van der Waals surface area contributed by atoms with E-state index in [4.69, 9.17) is 9.47 Å². The van der Waals surface area contributed by atoms with Crippen molar-refractivity contribution < 1.29 is 37.3 Å². The van der Waals surface area contributed by atoms with Gasteiger partial charge in [-0.25, -0.2) is 14.8 Å². The number of hydrogen-bond donors (Lipinski definition) is 2. The van der Waals surface area contributed by atoms with Gasteiger partial charge >= 0.3 is 12.3 Å². The molecule has 2 fully saturated rings. The minimum atomic E-state index is -4.59. The summed E-state index contributed by atoms with van der Waals surface area (Å²) in [7, 11) is -1.42. The fraction of sp³-hybridized carbons (Fsp3) is 0.611. The number of nitrogens with zero attached hydrogens (tertiary/aromatic N) is 4. The Morgan fingerprint density at radius 1 is 1.06 bits per heavy atom. The van der Waals surface area contributed by atoms with E-state index in [9.17, 15) is 27.9 Å². The molecule has 2 N–H and O–H groups in total. The molecule has 10 nitrogen and oxygen atoms in total. The number of carbonyl (C=O) groups is 2. The van der Waals surface area contributed by atoms with Crippen LogP contribution in [0.3, 0.4) is 0 Å². The van der Waals surface area contributed by atoms with E-state index in [0.717, 1.165) is 31.0 Å². The van der Waals surface area contributed by atoms with Crippen molar-refractivity contribution in [2.45, 2.75) is 122 Å². The summed E-state index contributed by atoms with van der Waals surface area (Å²) in [5.41, 5.74) is 0.558. The van der Waals surface area contributed by atoms with Gasteiger partial charge in [-0.3, -0.25) is 4.79 Å². The molecule has 14 heteroatoms. The predicted molar refractivity (Wildman–Crippen MR) is 188 cm³/mol. The van der Waals surface area contributed by atoms with Crippen LogP contribution < -0.4 is 10.1 Å². The summed E-state index contributed by atoms with van der Waals surface area (Å²) in [6, 6.07) is 3.97. The van der Waals surface area contributed by atoms with Gasteiger partial charge in [0.15, 0.2) is 0 Å². The Morgan fingerprint density at radius 2 is 1.74 bits per heavy atom. The molecular formula is C36H50F3N5O5Si. The van der Waals surface area contributed by atoms with Gasteiger partial charge in [-0.05, 0) is 96.4 Å². The van der Waals surface area contributed by atoms with E-state index >= 15 is 0 Å². The zero-order valence-corrected chi connectivity index (χ0v) is 31.1. The number of benzene rings is 1. The molecule has 0 saturated heterocycles. The molecule has 2 aromatic heterocycles. The summed E-state index contributed by atoms with van der Waals surface area (Å²) in [5, 5.41) is 13.0. The second-order valence-corrected chi connectivity index (χ2v) is 21.5. The third-order valence-electron chi connectivity index (χ3n) is 9.60. The van der Waals surface area contributed by atoms with E-state index in [1.807, 2.05) is 20.8 Å². The molecule has 0 bridgehead atoms. The number of carboxylic acid groups (broad SMARTS) is 1. The van der Waals surface area contributed by atoms with Crippen LogP contribution in [0, 0.1) is 12.8 Å². The number of hydrogen-bond acceptors (Lipinski definition) is 6. The maximum Gasteiger partial charge on any atom is 0.416 e. The number of amides is 2. The molecule has 0 spiro atoms. The number of alkyl halides is 3. The molecular weight excluding hydrogens is 668 g/mol. The van der Waals surface area contributed by atoms with Gasteiger partial charge in [0.2, 0.25) is 0 Å². The van der Waals surface area contributed by atoms with Crippen LogP contribution in [0.5, 0.6) is 5.75 Å². The highest BCUT2D eigenvalue weighted by Gasteiger charge is 2.37. The summed E-state index contributed by atoms with van der Waals surface area (Å²) in [5.74, 6) is 0.289. The summed E-state index contributed by atoms with van der Waals surface area (Å²) < 4.78 is 56.0. The lowest BCUT2D eigenvalue weighted by Gasteiger charge is -2.42. The first-order valence-corrected chi connectivity index (χ1v) is 21.1. The molecule has 0 aliphatic heterocycles. The molecule has 2 aliphatic carbocycles. The largest absolute Gasteiger partial charge is 0.493 e. The molecule has 274 valence electrons. The van der Waals surface area contributed by atoms with Gasteiger partial charge in [0.1, 0.15) is 30.0 Å². The third-order valence-corrected chi connectivity index (χ3v) is 11.3. The fourth-order valence-corrected chi connectivity index (χ4v) is 7.45. The van der Waals surface area contributed by atoms with Crippen molar-refractivity contribution in [3.63, 3.8) is 0 Å². The monoisotopic (exact) mass is 717 g/mol. The average molecular weight is 718 g/mol. The number of halogens is 3. The standard InChI is InChI=1S/C36H50F3N5O5Si/c1-22-29(33(45)42-25-11-13-26(14-12-25)44(34(46)47)35(2,3)4)31-32(43(22)21-48-16-17-50(5,6)7)30(40-20-41-31)27-18-24(36(37,38)39)10-15-28(27)49-19-23-8-9-23/h10,15,18,20,23,25-26H,8-9,11-14,16-17,19,21H2,1-7H3,(H,42,45)(H,46,47). The van der Waals surface area contributed by atoms with Crippen molar-refractivity contribution in [1.29, 1.82) is 0 Å². The molecule has 2 saturated carbocycles. The van der Waals surface area contributed by atoms with Crippen LogP contribution in [-0.4, -0.2) is 75.5 Å². The van der Waals surface area contributed by atoms with E-state index < -0.39 is 31.4 Å². The lowest BCUT2D eigenvalue weighted by atomic mass is 9.88. The van der Waals surface area contributed by atoms with Crippen molar-refractivity contribution in [3.8, 4) is 17.0 Å². The summed E-state index contributed by atoms with van der Waals surface area (Å²) in [6.07, 6.45) is 0.146. The number of fused-ring (bicyclic) bond motifs is 1. The quantitative estimate of drug-likeness (QED) is 0.143. The second kappa shape index (κ2) is 14.5. The minimum absolute atomic E-state index is 0.0562. The summed E-state index contributed by atoms with van der Waals surface area (Å²) in [6.45, 7) is 15.1. The van der Waals surface area contributed by atoms with Crippen LogP contribution in [0.15, 0.2) is 24.5 Å². The molecule has 0 atom stereocenters. The first-order chi connectivity index (χ1) is 23.3. The van der Waals surface area contributed by atoms with Crippen LogP contribution >= 0.6 is 0 Å². The molecule has 2 heterocycles. The highest BCUT2D eigenvalue weighted by Crippen LogP contribution is 2.41. The number of aromatic nitrogens is 3. The van der Waals surface area contributed by atoms with Crippen molar-refractivity contribution >= 4 is 31.1 Å². The Bertz CT molecular complexity index is 1700. The van der Waals surface area contributed by atoms with Gasteiger partial charge in [0, 0.05) is 43.6 Å². The average Bonchev–Trinajstić information content (AvgIpc) is 3.79. The van der Waals surface area contributed by atoms with Crippen molar-refractivity contribution in [1.82, 2.24) is 24.8 Å². The molecule has 2 amide bonds. The zero-order valence-electron chi connectivity index (χ0n) is 30.1. The van der Waals surface area contributed by atoms with E-state index in [1.54, 1.807) is 11.5 Å². The van der Waals surface area contributed by atoms with Gasteiger partial charge in [-0.1, -0.05) is 19.6 Å². The van der Waals surface area contributed by atoms with Gasteiger partial charge in [0.05, 0.1) is 23.3 Å². The fourth-order valence-electron chi connectivity index (χ4n) is 6.69. The molecule has 0 unspecified atom stereocenters. The van der Waals surface area contributed by atoms with Crippen molar-refractivity contribution in [2.75, 3.05) is 13.2 Å². The maximum atomic E-state index is 14.1. The molecule has 3 aromatic rings. The van der Waals surface area contributed by atoms with Crippen LogP contribution in [0.2, 0.25) is 25.7 Å². The van der Waals surface area contributed by atoms with Crippen molar-refractivity contribution in [2.24, 2.45) is 5.92 Å². The summed E-state index contributed by atoms with van der Waals surface area (Å²) in [4.78, 5) is 36.7. The normalized spacial score (nSPS) is 18.7. The number of nitrogens with one attached hydrogen (secondary N) is 1. The van der Waals surface area contributed by atoms with E-state index in [-0.39, 0.29) is 41.7 Å². The van der Waals surface area contributed by atoms with Crippen LogP contribution in [0.4, 0.5) is 18.0 Å². The lowest BCUT2D eigenvalue weighted by molar-refractivity contribution is -0.137. The summed E-state index contributed by atoms with van der Waals surface area (Å²) >= 11 is 0.